The maximum Gasteiger partial charge on any atom is 0.238 e. The van der Waals surface area contributed by atoms with Crippen LogP contribution in [0.4, 0.5) is 11.4 Å². The maximum absolute atomic E-state index is 12.7. The fourth-order valence-corrected chi connectivity index (χ4v) is 3.31. The summed E-state index contributed by atoms with van der Waals surface area (Å²) < 4.78 is 5.33. The van der Waals surface area contributed by atoms with Crippen LogP contribution in [0.3, 0.4) is 0 Å². The van der Waals surface area contributed by atoms with Crippen LogP contribution >= 0.6 is 0 Å². The predicted octanol–water partition coefficient (Wildman–Crippen LogP) is 4.28. The smallest absolute Gasteiger partial charge is 0.238 e. The number of benzene rings is 3. The summed E-state index contributed by atoms with van der Waals surface area (Å²) in [6.07, 6.45) is 0. The fraction of sp³-hybridized carbons (Fsp3) is 0.200. The second-order valence-corrected chi connectivity index (χ2v) is 7.28. The van der Waals surface area contributed by atoms with Crippen molar-refractivity contribution in [2.75, 3.05) is 24.3 Å². The van der Waals surface area contributed by atoms with E-state index in [0.717, 1.165) is 11.1 Å². The number of nitrogens with one attached hydrogen (secondary N) is 3. The lowest BCUT2D eigenvalue weighted by atomic mass is 9.98. The van der Waals surface area contributed by atoms with Crippen LogP contribution in [-0.2, 0) is 9.59 Å². The van der Waals surface area contributed by atoms with Gasteiger partial charge in [-0.15, -0.1) is 0 Å². The molecule has 0 fully saturated rings. The molecule has 6 nitrogen and oxygen atoms in total. The predicted molar refractivity (Wildman–Crippen MR) is 123 cm³/mol. The number of methoxy groups -OCH3 is 1. The number of anilines is 2. The summed E-state index contributed by atoms with van der Waals surface area (Å²) >= 11 is 0. The third-order valence-electron chi connectivity index (χ3n) is 4.80. The van der Waals surface area contributed by atoms with Crippen LogP contribution in [0.15, 0.2) is 72.8 Å². The van der Waals surface area contributed by atoms with Gasteiger partial charge in [0, 0.05) is 12.6 Å². The van der Waals surface area contributed by atoms with E-state index >= 15 is 0 Å². The highest BCUT2D eigenvalue weighted by Gasteiger charge is 2.16. The molecule has 0 aromatic heterocycles. The second kappa shape index (κ2) is 10.4. The highest BCUT2D eigenvalue weighted by molar-refractivity contribution is 5.95. The number of hydrogen-bond donors (Lipinski definition) is 3. The molecule has 0 aliphatic carbocycles. The van der Waals surface area contributed by atoms with Crippen LogP contribution in [0.2, 0.25) is 0 Å². The van der Waals surface area contributed by atoms with E-state index in [9.17, 15) is 9.59 Å². The zero-order chi connectivity index (χ0) is 22.2. The quantitative estimate of drug-likeness (QED) is 0.511. The summed E-state index contributed by atoms with van der Waals surface area (Å²) in [5, 5.41) is 8.92. The van der Waals surface area contributed by atoms with Gasteiger partial charge in [0.2, 0.25) is 11.8 Å². The first-order valence-electron chi connectivity index (χ1n) is 10.1. The molecule has 3 N–H and O–H groups in total. The molecule has 0 aliphatic rings. The van der Waals surface area contributed by atoms with E-state index in [1.165, 1.54) is 19.6 Å². The molecule has 3 aromatic rings. The molecule has 0 saturated carbocycles. The average molecular weight is 418 g/mol. The molecule has 0 radical (unpaired) electrons. The largest absolute Gasteiger partial charge is 0.495 e. The van der Waals surface area contributed by atoms with Crippen LogP contribution < -0.4 is 20.7 Å². The number of aryl methyl sites for hydroxylation is 1. The Labute approximate surface area is 182 Å². The van der Waals surface area contributed by atoms with Gasteiger partial charge < -0.3 is 15.4 Å². The van der Waals surface area contributed by atoms with Gasteiger partial charge in [-0.1, -0.05) is 60.2 Å². The number of carbonyl (C=O) groups excluding carboxylic acids is 2. The van der Waals surface area contributed by atoms with Gasteiger partial charge in [-0.25, -0.2) is 0 Å². The normalized spacial score (nSPS) is 11.5. The number of amides is 2. The van der Waals surface area contributed by atoms with Crippen molar-refractivity contribution in [1.82, 2.24) is 5.32 Å². The topological polar surface area (TPSA) is 79.5 Å². The molecular weight excluding hydrogens is 390 g/mol. The van der Waals surface area contributed by atoms with Gasteiger partial charge in [-0.3, -0.25) is 14.9 Å². The van der Waals surface area contributed by atoms with Gasteiger partial charge in [0.15, 0.2) is 0 Å². The first-order valence-corrected chi connectivity index (χ1v) is 10.1. The van der Waals surface area contributed by atoms with Gasteiger partial charge in [0.1, 0.15) is 5.75 Å². The van der Waals surface area contributed by atoms with Crippen molar-refractivity contribution in [3.05, 3.63) is 89.5 Å². The van der Waals surface area contributed by atoms with E-state index in [-0.39, 0.29) is 24.4 Å². The molecule has 31 heavy (non-hydrogen) atoms. The fourth-order valence-electron chi connectivity index (χ4n) is 3.31. The summed E-state index contributed by atoms with van der Waals surface area (Å²) in [6, 6.07) is 23.2. The van der Waals surface area contributed by atoms with Crippen molar-refractivity contribution in [3.8, 4) is 5.75 Å². The van der Waals surface area contributed by atoms with Gasteiger partial charge in [-0.05, 0) is 36.2 Å². The minimum Gasteiger partial charge on any atom is -0.495 e. The lowest BCUT2D eigenvalue weighted by molar-refractivity contribution is -0.115. The molecule has 1 atom stereocenters. The third-order valence-corrected chi connectivity index (χ3v) is 4.80. The van der Waals surface area contributed by atoms with Gasteiger partial charge >= 0.3 is 0 Å². The molecule has 160 valence electrons. The van der Waals surface area contributed by atoms with Crippen LogP contribution in [0.1, 0.15) is 29.7 Å². The third kappa shape index (κ3) is 6.17. The molecule has 0 aliphatic heterocycles. The Hall–Kier alpha value is -3.64. The molecule has 0 bridgehead atoms. The van der Waals surface area contributed by atoms with E-state index in [0.29, 0.717) is 17.1 Å². The van der Waals surface area contributed by atoms with E-state index in [1.807, 2.05) is 37.3 Å². The van der Waals surface area contributed by atoms with Crippen LogP contribution in [0.5, 0.6) is 5.75 Å². The minimum atomic E-state index is -0.216. The maximum atomic E-state index is 12.7. The Kier molecular flexibility index (Phi) is 7.40. The van der Waals surface area contributed by atoms with Crippen LogP contribution in [0, 0.1) is 6.92 Å². The van der Waals surface area contributed by atoms with Crippen molar-refractivity contribution in [2.45, 2.75) is 19.9 Å². The molecule has 6 heteroatoms. The van der Waals surface area contributed by atoms with Gasteiger partial charge in [0.05, 0.1) is 25.4 Å². The first-order chi connectivity index (χ1) is 15.0. The molecule has 3 rings (SSSR count). The lowest BCUT2D eigenvalue weighted by Gasteiger charge is -2.20. The van der Waals surface area contributed by atoms with Crippen molar-refractivity contribution in [3.63, 3.8) is 0 Å². The van der Waals surface area contributed by atoms with Gasteiger partial charge in [0.25, 0.3) is 0 Å². The van der Waals surface area contributed by atoms with Gasteiger partial charge in [-0.2, -0.15) is 0 Å². The SMILES string of the molecule is COc1ccc(NC(C)=O)cc1NC(=O)CNC(c1ccccc1)c1ccc(C)cc1. The lowest BCUT2D eigenvalue weighted by Crippen LogP contribution is -2.32. The molecular formula is C25H27N3O3. The van der Waals surface area contributed by atoms with E-state index in [4.69, 9.17) is 4.74 Å². The molecule has 2 amide bonds. The second-order valence-electron chi connectivity index (χ2n) is 7.28. The zero-order valence-electron chi connectivity index (χ0n) is 17.9. The Balaban J connectivity index is 1.74. The van der Waals surface area contributed by atoms with Crippen molar-refractivity contribution in [1.29, 1.82) is 0 Å². The molecule has 0 spiro atoms. The summed E-state index contributed by atoms with van der Waals surface area (Å²) in [4.78, 5) is 24.0. The van der Waals surface area contributed by atoms with Crippen molar-refractivity contribution >= 4 is 23.2 Å². The first kappa shape index (κ1) is 22.1. The monoisotopic (exact) mass is 417 g/mol. The zero-order valence-corrected chi connectivity index (χ0v) is 17.9. The Morgan fingerprint density at radius 1 is 0.903 bits per heavy atom. The standard InChI is InChI=1S/C25H27N3O3/c1-17-9-11-20(12-10-17)25(19-7-5-4-6-8-19)26-16-24(30)28-22-15-21(27-18(2)29)13-14-23(22)31-3/h4-15,25-26H,16H2,1-3H3,(H,27,29)(H,28,30). The van der Waals surface area contributed by atoms with E-state index in [2.05, 4.69) is 40.2 Å². The molecule has 0 saturated heterocycles. The van der Waals surface area contributed by atoms with Crippen LogP contribution in [-0.4, -0.2) is 25.5 Å². The average Bonchev–Trinajstić information content (AvgIpc) is 2.75. The Bertz CT molecular complexity index is 1030. The summed E-state index contributed by atoms with van der Waals surface area (Å²) in [5.74, 6) is 0.111. The summed E-state index contributed by atoms with van der Waals surface area (Å²) in [6.45, 7) is 3.58. The Morgan fingerprint density at radius 2 is 1.58 bits per heavy atom. The molecule has 1 unspecified atom stereocenters. The van der Waals surface area contributed by atoms with Crippen molar-refractivity contribution in [2.24, 2.45) is 0 Å². The Morgan fingerprint density at radius 3 is 2.23 bits per heavy atom. The minimum absolute atomic E-state index is 0.0982. The number of rotatable bonds is 8. The molecule has 3 aromatic carbocycles. The van der Waals surface area contributed by atoms with E-state index in [1.54, 1.807) is 18.2 Å². The number of carbonyl (C=O) groups is 2. The summed E-state index contributed by atoms with van der Waals surface area (Å²) in [5.41, 5.74) is 4.41. The van der Waals surface area contributed by atoms with Crippen LogP contribution in [0.25, 0.3) is 0 Å². The number of hydrogen-bond acceptors (Lipinski definition) is 4. The number of ether oxygens (including phenoxy) is 1. The van der Waals surface area contributed by atoms with Crippen molar-refractivity contribution < 1.29 is 14.3 Å². The molecule has 0 heterocycles. The highest BCUT2D eigenvalue weighted by atomic mass is 16.5. The highest BCUT2D eigenvalue weighted by Crippen LogP contribution is 2.28. The van der Waals surface area contributed by atoms with E-state index < -0.39 is 0 Å². The summed E-state index contributed by atoms with van der Waals surface area (Å²) in [7, 11) is 1.53.